The molecule has 5 nitrogen and oxygen atoms in total. The van der Waals surface area contributed by atoms with E-state index < -0.39 is 0 Å². The normalized spacial score (nSPS) is 15.6. The number of anilines is 1. The average molecular weight is 215 g/mol. The molecule has 76 valence electrons. The second kappa shape index (κ2) is 3.59. The summed E-state index contributed by atoms with van der Waals surface area (Å²) in [6.45, 7) is 0.657. The van der Waals surface area contributed by atoms with Gasteiger partial charge in [-0.1, -0.05) is 11.6 Å². The van der Waals surface area contributed by atoms with E-state index in [1.165, 1.54) is 23.7 Å². The molecule has 2 rings (SSSR count). The highest BCUT2D eigenvalue weighted by atomic mass is 35.5. The fourth-order valence-electron chi connectivity index (χ4n) is 1.27. The van der Waals surface area contributed by atoms with Crippen molar-refractivity contribution in [3.63, 3.8) is 0 Å². The van der Waals surface area contributed by atoms with Crippen LogP contribution in [0.4, 0.5) is 5.69 Å². The van der Waals surface area contributed by atoms with Gasteiger partial charge in [0.05, 0.1) is 11.2 Å². The van der Waals surface area contributed by atoms with Gasteiger partial charge in [0.15, 0.2) is 0 Å². The van der Waals surface area contributed by atoms with Crippen LogP contribution in [0.1, 0.15) is 12.8 Å². The van der Waals surface area contributed by atoms with Crippen molar-refractivity contribution in [1.82, 2.24) is 9.78 Å². The topological polar surface area (TPSA) is 72.9 Å². The van der Waals surface area contributed by atoms with E-state index in [1.807, 2.05) is 0 Å². The van der Waals surface area contributed by atoms with Gasteiger partial charge in [-0.15, -0.1) is 0 Å². The molecule has 6 heteroatoms. The van der Waals surface area contributed by atoms with Crippen LogP contribution in [-0.4, -0.2) is 9.78 Å². The number of nitrogens with one attached hydrogen (secondary N) is 1. The Morgan fingerprint density at radius 2 is 2.43 bits per heavy atom. The molecule has 0 amide bonds. The van der Waals surface area contributed by atoms with Gasteiger partial charge >= 0.3 is 0 Å². The third-order valence-electron chi connectivity index (χ3n) is 2.27. The summed E-state index contributed by atoms with van der Waals surface area (Å²) >= 11 is 5.74. The highest BCUT2D eigenvalue weighted by Crippen LogP contribution is 2.30. The van der Waals surface area contributed by atoms with Crippen molar-refractivity contribution in [1.29, 1.82) is 0 Å². The lowest BCUT2D eigenvalue weighted by atomic mass is 10.4. The molecule has 0 saturated heterocycles. The molecule has 0 spiro atoms. The van der Waals surface area contributed by atoms with E-state index in [-0.39, 0.29) is 16.3 Å². The number of rotatable bonds is 3. The van der Waals surface area contributed by atoms with Gasteiger partial charge in [-0.05, 0) is 18.8 Å². The van der Waals surface area contributed by atoms with Crippen molar-refractivity contribution in [3.05, 3.63) is 21.6 Å². The Bertz CT molecular complexity index is 399. The lowest BCUT2D eigenvalue weighted by Gasteiger charge is -2.06. The van der Waals surface area contributed by atoms with Gasteiger partial charge < -0.3 is 5.43 Å². The van der Waals surface area contributed by atoms with Gasteiger partial charge in [-0.3, -0.25) is 10.6 Å². The standard InChI is InChI=1S/C8H11ClN4O/c9-6-3-11-13(4-5-1-2-5)8(14)7(6)12-10/h3,5,12H,1-2,4,10H2. The fourth-order valence-corrected chi connectivity index (χ4v) is 1.45. The average Bonchev–Trinajstić information content (AvgIpc) is 2.95. The number of halogens is 1. The van der Waals surface area contributed by atoms with Crippen LogP contribution in [0.2, 0.25) is 5.02 Å². The Balaban J connectivity index is 2.35. The number of nitrogens with zero attached hydrogens (tertiary/aromatic N) is 2. The number of hydrogen-bond acceptors (Lipinski definition) is 4. The largest absolute Gasteiger partial charge is 0.318 e. The maximum absolute atomic E-state index is 11.7. The summed E-state index contributed by atoms with van der Waals surface area (Å²) < 4.78 is 1.40. The van der Waals surface area contributed by atoms with Crippen LogP contribution in [0.5, 0.6) is 0 Å². The van der Waals surface area contributed by atoms with Gasteiger partial charge in [-0.25, -0.2) is 4.68 Å². The number of nitrogen functional groups attached to an aromatic ring is 1. The molecule has 0 atom stereocenters. The maximum atomic E-state index is 11.7. The molecule has 1 aliphatic rings. The predicted octanol–water partition coefficient (Wildman–Crippen LogP) is 0.592. The van der Waals surface area contributed by atoms with Crippen molar-refractivity contribution in [2.45, 2.75) is 19.4 Å². The Hall–Kier alpha value is -1.07. The first-order valence-corrected chi connectivity index (χ1v) is 4.82. The zero-order valence-corrected chi connectivity index (χ0v) is 8.29. The molecule has 0 bridgehead atoms. The molecule has 1 fully saturated rings. The van der Waals surface area contributed by atoms with Crippen molar-refractivity contribution in [3.8, 4) is 0 Å². The second-order valence-electron chi connectivity index (χ2n) is 3.44. The molecule has 0 radical (unpaired) electrons. The first kappa shape index (κ1) is 9.48. The summed E-state index contributed by atoms with van der Waals surface area (Å²) in [5.74, 6) is 5.78. The van der Waals surface area contributed by atoms with E-state index >= 15 is 0 Å². The third-order valence-corrected chi connectivity index (χ3v) is 2.56. The SMILES string of the molecule is NNc1c(Cl)cnn(CC2CC2)c1=O. The van der Waals surface area contributed by atoms with Gasteiger partial charge in [-0.2, -0.15) is 5.10 Å². The number of aromatic nitrogens is 2. The molecular weight excluding hydrogens is 204 g/mol. The summed E-state index contributed by atoms with van der Waals surface area (Å²) in [7, 11) is 0. The van der Waals surface area contributed by atoms with Crippen LogP contribution in [0, 0.1) is 5.92 Å². The van der Waals surface area contributed by atoms with Crippen LogP contribution in [0.15, 0.2) is 11.0 Å². The molecule has 1 aromatic rings. The minimum Gasteiger partial charge on any atom is -0.318 e. The molecule has 14 heavy (non-hydrogen) atoms. The van der Waals surface area contributed by atoms with Gasteiger partial charge in [0.25, 0.3) is 5.56 Å². The van der Waals surface area contributed by atoms with E-state index in [2.05, 4.69) is 10.5 Å². The fraction of sp³-hybridized carbons (Fsp3) is 0.500. The van der Waals surface area contributed by atoms with Gasteiger partial charge in [0, 0.05) is 6.54 Å². The highest BCUT2D eigenvalue weighted by Gasteiger charge is 2.23. The predicted molar refractivity (Wildman–Crippen MR) is 54.0 cm³/mol. The highest BCUT2D eigenvalue weighted by molar-refractivity contribution is 6.32. The lowest BCUT2D eigenvalue weighted by Crippen LogP contribution is -2.28. The molecule has 1 aromatic heterocycles. The number of hydrogen-bond donors (Lipinski definition) is 2. The Morgan fingerprint density at radius 3 is 3.00 bits per heavy atom. The van der Waals surface area contributed by atoms with Gasteiger partial charge in [0.2, 0.25) is 0 Å². The van der Waals surface area contributed by atoms with Crippen LogP contribution >= 0.6 is 11.6 Å². The van der Waals surface area contributed by atoms with Gasteiger partial charge in [0.1, 0.15) is 5.69 Å². The first-order chi connectivity index (χ1) is 6.72. The Kier molecular flexibility index (Phi) is 2.43. The summed E-state index contributed by atoms with van der Waals surface area (Å²) in [4.78, 5) is 11.7. The Morgan fingerprint density at radius 1 is 1.71 bits per heavy atom. The quantitative estimate of drug-likeness (QED) is 0.571. The van der Waals surface area contributed by atoms with Crippen LogP contribution in [0.25, 0.3) is 0 Å². The minimum atomic E-state index is -0.257. The smallest absolute Gasteiger partial charge is 0.292 e. The molecule has 1 saturated carbocycles. The molecule has 0 aliphatic heterocycles. The first-order valence-electron chi connectivity index (χ1n) is 4.44. The summed E-state index contributed by atoms with van der Waals surface area (Å²) in [6, 6.07) is 0. The van der Waals surface area contributed by atoms with Crippen molar-refractivity contribution in [2.24, 2.45) is 11.8 Å². The molecule has 1 aliphatic carbocycles. The molecule has 0 aromatic carbocycles. The van der Waals surface area contributed by atoms with E-state index in [4.69, 9.17) is 17.4 Å². The third kappa shape index (κ3) is 1.73. The molecule has 0 unspecified atom stereocenters. The zero-order chi connectivity index (χ0) is 10.1. The molecule has 3 N–H and O–H groups in total. The maximum Gasteiger partial charge on any atom is 0.292 e. The van der Waals surface area contributed by atoms with E-state index in [1.54, 1.807) is 0 Å². The summed E-state index contributed by atoms with van der Waals surface area (Å²) in [5.41, 5.74) is 2.25. The summed E-state index contributed by atoms with van der Waals surface area (Å²) in [5, 5.41) is 4.20. The van der Waals surface area contributed by atoms with E-state index in [0.717, 1.165) is 0 Å². The van der Waals surface area contributed by atoms with E-state index in [9.17, 15) is 4.79 Å². The minimum absolute atomic E-state index is 0.210. The monoisotopic (exact) mass is 214 g/mol. The van der Waals surface area contributed by atoms with Crippen LogP contribution < -0.4 is 16.8 Å². The Labute approximate surface area is 85.8 Å². The van der Waals surface area contributed by atoms with E-state index in [0.29, 0.717) is 12.5 Å². The van der Waals surface area contributed by atoms with Crippen molar-refractivity contribution < 1.29 is 0 Å². The van der Waals surface area contributed by atoms with Crippen LogP contribution in [-0.2, 0) is 6.54 Å². The second-order valence-corrected chi connectivity index (χ2v) is 3.85. The van der Waals surface area contributed by atoms with Crippen molar-refractivity contribution in [2.75, 3.05) is 5.43 Å². The number of hydrazine groups is 1. The van der Waals surface area contributed by atoms with Crippen LogP contribution in [0.3, 0.4) is 0 Å². The number of nitrogens with two attached hydrogens (primary N) is 1. The molecular formula is C8H11ClN4O. The lowest BCUT2D eigenvalue weighted by molar-refractivity contribution is 0.534. The van der Waals surface area contributed by atoms with Crippen molar-refractivity contribution >= 4 is 17.3 Å². The summed E-state index contributed by atoms with van der Waals surface area (Å²) in [6.07, 6.45) is 3.77. The molecule has 1 heterocycles. The zero-order valence-electron chi connectivity index (χ0n) is 7.53.